The quantitative estimate of drug-likeness (QED) is 0.840. The Morgan fingerprint density at radius 2 is 1.88 bits per heavy atom. The number of anilines is 1. The van der Waals surface area contributed by atoms with Crippen molar-refractivity contribution in [1.29, 1.82) is 0 Å². The zero-order chi connectivity index (χ0) is 12.5. The molecule has 0 aromatic heterocycles. The molecule has 0 atom stereocenters. The molecule has 17 heavy (non-hydrogen) atoms. The molecule has 2 heteroatoms. The van der Waals surface area contributed by atoms with E-state index in [2.05, 4.69) is 50.4 Å². The van der Waals surface area contributed by atoms with E-state index in [1.54, 1.807) is 0 Å². The summed E-state index contributed by atoms with van der Waals surface area (Å²) in [7, 11) is 0. The van der Waals surface area contributed by atoms with E-state index in [1.807, 2.05) is 0 Å². The molecule has 0 bridgehead atoms. The van der Waals surface area contributed by atoms with Crippen LogP contribution in [0.5, 0.6) is 0 Å². The average Bonchev–Trinajstić information content (AvgIpc) is 2.22. The maximum absolute atomic E-state index is 5.81. The number of rotatable bonds is 3. The van der Waals surface area contributed by atoms with E-state index in [-0.39, 0.29) is 5.41 Å². The summed E-state index contributed by atoms with van der Waals surface area (Å²) in [6.45, 7) is 7.83. The van der Waals surface area contributed by atoms with Crippen LogP contribution in [0.4, 0.5) is 5.69 Å². The molecule has 0 heterocycles. The maximum Gasteiger partial charge on any atom is 0.0378 e. The first-order valence-electron chi connectivity index (χ1n) is 6.56. The van der Waals surface area contributed by atoms with Gasteiger partial charge in [-0.25, -0.2) is 0 Å². The van der Waals surface area contributed by atoms with E-state index < -0.39 is 0 Å². The molecule has 2 nitrogen and oxygen atoms in total. The van der Waals surface area contributed by atoms with Gasteiger partial charge < -0.3 is 11.1 Å². The number of para-hydroxylation sites is 1. The Bertz CT molecular complexity index is 373. The van der Waals surface area contributed by atoms with E-state index >= 15 is 0 Å². The van der Waals surface area contributed by atoms with E-state index in [0.29, 0.717) is 6.04 Å². The van der Waals surface area contributed by atoms with Gasteiger partial charge in [0.2, 0.25) is 0 Å². The Morgan fingerprint density at radius 3 is 2.47 bits per heavy atom. The first-order chi connectivity index (χ1) is 7.97. The van der Waals surface area contributed by atoms with Gasteiger partial charge in [0, 0.05) is 18.3 Å². The highest BCUT2D eigenvalue weighted by atomic mass is 14.9. The van der Waals surface area contributed by atoms with Crippen LogP contribution in [0.1, 0.15) is 39.2 Å². The van der Waals surface area contributed by atoms with Crippen LogP contribution < -0.4 is 11.1 Å². The van der Waals surface area contributed by atoms with Crippen LogP contribution in [0.15, 0.2) is 24.3 Å². The van der Waals surface area contributed by atoms with Crippen LogP contribution >= 0.6 is 0 Å². The van der Waals surface area contributed by atoms with Crippen LogP contribution in [0.25, 0.3) is 0 Å². The molecular formula is C15H24N2. The minimum Gasteiger partial charge on any atom is -0.385 e. The molecule has 1 aromatic rings. The fourth-order valence-corrected chi connectivity index (χ4v) is 2.50. The van der Waals surface area contributed by atoms with Crippen molar-refractivity contribution >= 4 is 5.69 Å². The Labute approximate surface area is 105 Å². The highest BCUT2D eigenvalue weighted by Gasteiger charge is 2.26. The second-order valence-corrected chi connectivity index (χ2v) is 6.27. The third kappa shape index (κ3) is 3.01. The zero-order valence-electron chi connectivity index (χ0n) is 11.2. The number of hydrogen-bond acceptors (Lipinski definition) is 2. The van der Waals surface area contributed by atoms with Crippen molar-refractivity contribution in [2.24, 2.45) is 11.7 Å². The predicted octanol–water partition coefficient (Wildman–Crippen LogP) is 3.13. The van der Waals surface area contributed by atoms with Gasteiger partial charge in [0.1, 0.15) is 0 Å². The average molecular weight is 232 g/mol. The van der Waals surface area contributed by atoms with Gasteiger partial charge in [0.25, 0.3) is 0 Å². The molecular weight excluding hydrogens is 208 g/mol. The summed E-state index contributed by atoms with van der Waals surface area (Å²) in [6, 6.07) is 9.06. The van der Waals surface area contributed by atoms with E-state index in [0.717, 1.165) is 12.5 Å². The van der Waals surface area contributed by atoms with Crippen molar-refractivity contribution in [3.63, 3.8) is 0 Å². The Balaban J connectivity index is 2.00. The summed E-state index contributed by atoms with van der Waals surface area (Å²) in [5.74, 6) is 0.762. The Hall–Kier alpha value is -1.02. The van der Waals surface area contributed by atoms with Gasteiger partial charge in [-0.2, -0.15) is 0 Å². The minimum absolute atomic E-state index is 0.194. The second kappa shape index (κ2) is 4.69. The third-order valence-electron chi connectivity index (χ3n) is 3.59. The molecule has 0 aliphatic heterocycles. The second-order valence-electron chi connectivity index (χ2n) is 6.27. The van der Waals surface area contributed by atoms with Gasteiger partial charge in [0.05, 0.1) is 0 Å². The van der Waals surface area contributed by atoms with Crippen molar-refractivity contribution in [3.8, 4) is 0 Å². The topological polar surface area (TPSA) is 38.0 Å². The molecule has 0 saturated heterocycles. The lowest BCUT2D eigenvalue weighted by Crippen LogP contribution is -2.39. The summed E-state index contributed by atoms with van der Waals surface area (Å²) in [6.07, 6.45) is 2.34. The summed E-state index contributed by atoms with van der Waals surface area (Å²) in [4.78, 5) is 0. The van der Waals surface area contributed by atoms with E-state index in [4.69, 9.17) is 5.73 Å². The van der Waals surface area contributed by atoms with Crippen LogP contribution in [0.2, 0.25) is 0 Å². The van der Waals surface area contributed by atoms with Gasteiger partial charge >= 0.3 is 0 Å². The van der Waals surface area contributed by atoms with E-state index in [9.17, 15) is 0 Å². The molecule has 1 aliphatic carbocycles. The Kier molecular flexibility index (Phi) is 3.43. The van der Waals surface area contributed by atoms with Gasteiger partial charge in [-0.05, 0) is 35.8 Å². The van der Waals surface area contributed by atoms with Gasteiger partial charge in [-0.3, -0.25) is 0 Å². The fraction of sp³-hybridized carbons (Fsp3) is 0.600. The van der Waals surface area contributed by atoms with Crippen LogP contribution in [0.3, 0.4) is 0 Å². The summed E-state index contributed by atoms with van der Waals surface area (Å²) in [5, 5.41) is 3.59. The number of nitrogens with one attached hydrogen (secondary N) is 1. The Morgan fingerprint density at radius 1 is 1.24 bits per heavy atom. The van der Waals surface area contributed by atoms with Crippen LogP contribution in [-0.2, 0) is 5.41 Å². The largest absolute Gasteiger partial charge is 0.385 e. The van der Waals surface area contributed by atoms with Crippen molar-refractivity contribution in [2.45, 2.75) is 45.1 Å². The van der Waals surface area contributed by atoms with Crippen molar-refractivity contribution in [3.05, 3.63) is 29.8 Å². The molecule has 94 valence electrons. The molecule has 1 fully saturated rings. The molecule has 0 radical (unpaired) electrons. The molecule has 0 spiro atoms. The monoisotopic (exact) mass is 232 g/mol. The molecule has 0 amide bonds. The van der Waals surface area contributed by atoms with Gasteiger partial charge in [-0.15, -0.1) is 0 Å². The SMILES string of the molecule is CC(C)(C)c1ccccc1NCC1CC(N)C1. The summed E-state index contributed by atoms with van der Waals surface area (Å²) >= 11 is 0. The highest BCUT2D eigenvalue weighted by Crippen LogP contribution is 2.31. The first-order valence-corrected chi connectivity index (χ1v) is 6.56. The first kappa shape index (κ1) is 12.4. The summed E-state index contributed by atoms with van der Waals surface area (Å²) in [5.41, 5.74) is 8.67. The van der Waals surface area contributed by atoms with Gasteiger partial charge in [0.15, 0.2) is 0 Å². The maximum atomic E-state index is 5.81. The van der Waals surface area contributed by atoms with Crippen LogP contribution in [0, 0.1) is 5.92 Å². The molecule has 3 N–H and O–H groups in total. The molecule has 2 rings (SSSR count). The standard InChI is InChI=1S/C15H24N2/c1-15(2,3)13-6-4-5-7-14(13)17-10-11-8-12(16)9-11/h4-7,11-12,17H,8-10,16H2,1-3H3. The lowest BCUT2D eigenvalue weighted by molar-refractivity contribution is 0.280. The molecule has 1 saturated carbocycles. The van der Waals surface area contributed by atoms with E-state index in [1.165, 1.54) is 24.1 Å². The van der Waals surface area contributed by atoms with Crippen molar-refractivity contribution < 1.29 is 0 Å². The van der Waals surface area contributed by atoms with Gasteiger partial charge in [-0.1, -0.05) is 39.0 Å². The fourth-order valence-electron chi connectivity index (χ4n) is 2.50. The smallest absolute Gasteiger partial charge is 0.0378 e. The highest BCUT2D eigenvalue weighted by molar-refractivity contribution is 5.54. The zero-order valence-corrected chi connectivity index (χ0v) is 11.2. The predicted molar refractivity (Wildman–Crippen MR) is 74.3 cm³/mol. The number of benzene rings is 1. The molecule has 0 unspecified atom stereocenters. The minimum atomic E-state index is 0.194. The number of hydrogen-bond donors (Lipinski definition) is 2. The third-order valence-corrected chi connectivity index (χ3v) is 3.59. The van der Waals surface area contributed by atoms with Crippen molar-refractivity contribution in [2.75, 3.05) is 11.9 Å². The lowest BCUT2D eigenvalue weighted by Gasteiger charge is -2.33. The lowest BCUT2D eigenvalue weighted by atomic mass is 9.80. The molecule has 1 aliphatic rings. The summed E-state index contributed by atoms with van der Waals surface area (Å²) < 4.78 is 0. The van der Waals surface area contributed by atoms with Crippen molar-refractivity contribution in [1.82, 2.24) is 0 Å². The molecule has 1 aromatic carbocycles. The van der Waals surface area contributed by atoms with Crippen LogP contribution in [-0.4, -0.2) is 12.6 Å². The normalized spacial score (nSPS) is 24.2. The number of nitrogens with two attached hydrogens (primary N) is 1.